The van der Waals surface area contributed by atoms with Crippen LogP contribution in [0.4, 0.5) is 0 Å². The van der Waals surface area contributed by atoms with E-state index in [2.05, 4.69) is 0 Å². The van der Waals surface area contributed by atoms with E-state index in [0.717, 1.165) is 11.1 Å². The first-order valence-electron chi connectivity index (χ1n) is 5.92. The van der Waals surface area contributed by atoms with Gasteiger partial charge in [0.1, 0.15) is 0 Å². The van der Waals surface area contributed by atoms with Crippen LogP contribution in [0.3, 0.4) is 0 Å². The van der Waals surface area contributed by atoms with Gasteiger partial charge in [0.2, 0.25) is 10.0 Å². The molecule has 0 fully saturated rings. The summed E-state index contributed by atoms with van der Waals surface area (Å²) < 4.78 is 25.7. The van der Waals surface area contributed by atoms with Gasteiger partial charge in [-0.2, -0.15) is 4.31 Å². The molecule has 0 atom stereocenters. The first-order chi connectivity index (χ1) is 7.87. The van der Waals surface area contributed by atoms with E-state index in [0.29, 0.717) is 13.1 Å². The zero-order valence-corrected chi connectivity index (χ0v) is 11.8. The van der Waals surface area contributed by atoms with Crippen LogP contribution in [0, 0.1) is 6.92 Å². The molecule has 0 N–H and O–H groups in total. The van der Waals surface area contributed by atoms with Crippen LogP contribution in [0.2, 0.25) is 0 Å². The Labute approximate surface area is 105 Å². The van der Waals surface area contributed by atoms with E-state index in [1.165, 1.54) is 4.31 Å². The van der Waals surface area contributed by atoms with Crippen LogP contribution in [0.5, 0.6) is 0 Å². The van der Waals surface area contributed by atoms with E-state index in [4.69, 9.17) is 0 Å². The highest BCUT2D eigenvalue weighted by Gasteiger charge is 2.24. The number of sulfonamides is 1. The van der Waals surface area contributed by atoms with E-state index in [9.17, 15) is 8.42 Å². The average molecular weight is 255 g/mol. The largest absolute Gasteiger partial charge is 0.216 e. The molecule has 0 aliphatic carbocycles. The molecule has 0 bridgehead atoms. The van der Waals surface area contributed by atoms with Crippen LogP contribution in [0.1, 0.15) is 31.9 Å². The summed E-state index contributed by atoms with van der Waals surface area (Å²) in [6.45, 7) is 8.28. The van der Waals surface area contributed by atoms with Gasteiger partial charge in [-0.1, -0.05) is 36.8 Å². The normalized spacial score (nSPS) is 12.4. The second-order valence-corrected chi connectivity index (χ2v) is 7.00. The Morgan fingerprint density at radius 3 is 2.41 bits per heavy atom. The molecule has 0 aromatic heterocycles. The zero-order valence-electron chi connectivity index (χ0n) is 11.0. The van der Waals surface area contributed by atoms with Crippen molar-refractivity contribution in [1.82, 2.24) is 4.31 Å². The van der Waals surface area contributed by atoms with E-state index in [-0.39, 0.29) is 5.25 Å². The van der Waals surface area contributed by atoms with Crippen molar-refractivity contribution < 1.29 is 8.42 Å². The molecule has 0 amide bonds. The van der Waals surface area contributed by atoms with Gasteiger partial charge in [0.05, 0.1) is 5.25 Å². The third kappa shape index (κ3) is 3.54. The fourth-order valence-corrected chi connectivity index (χ4v) is 2.98. The molecular weight excluding hydrogens is 234 g/mol. The SMILES string of the molecule is CCN(Cc1cccc(C)c1)S(=O)(=O)C(C)C. The molecule has 0 unspecified atom stereocenters. The lowest BCUT2D eigenvalue weighted by atomic mass is 10.1. The molecule has 0 radical (unpaired) electrons. The maximum Gasteiger partial charge on any atom is 0.216 e. The van der Waals surface area contributed by atoms with Crippen LogP contribution in [-0.4, -0.2) is 24.5 Å². The molecule has 3 nitrogen and oxygen atoms in total. The second kappa shape index (κ2) is 5.65. The molecule has 0 saturated carbocycles. The predicted molar refractivity (Wildman–Crippen MR) is 71.3 cm³/mol. The lowest BCUT2D eigenvalue weighted by Gasteiger charge is -2.23. The van der Waals surface area contributed by atoms with Crippen LogP contribution in [0.15, 0.2) is 24.3 Å². The average Bonchev–Trinajstić information content (AvgIpc) is 2.25. The third-order valence-corrected chi connectivity index (χ3v) is 5.05. The highest BCUT2D eigenvalue weighted by atomic mass is 32.2. The number of benzene rings is 1. The Kier molecular flexibility index (Phi) is 4.71. The van der Waals surface area contributed by atoms with Crippen molar-refractivity contribution in [3.63, 3.8) is 0 Å². The quantitative estimate of drug-likeness (QED) is 0.811. The van der Waals surface area contributed by atoms with Gasteiger partial charge in [0.25, 0.3) is 0 Å². The minimum Gasteiger partial charge on any atom is -0.212 e. The van der Waals surface area contributed by atoms with Crippen LogP contribution in [-0.2, 0) is 16.6 Å². The molecule has 1 rings (SSSR count). The van der Waals surface area contributed by atoms with Gasteiger partial charge in [0, 0.05) is 13.1 Å². The summed E-state index contributed by atoms with van der Waals surface area (Å²) in [7, 11) is -3.17. The van der Waals surface area contributed by atoms with Crippen molar-refractivity contribution in [2.75, 3.05) is 6.54 Å². The molecule has 0 aliphatic heterocycles. The van der Waals surface area contributed by atoms with Crippen molar-refractivity contribution in [1.29, 1.82) is 0 Å². The van der Waals surface area contributed by atoms with Crippen molar-refractivity contribution in [3.05, 3.63) is 35.4 Å². The molecular formula is C13H21NO2S. The zero-order chi connectivity index (χ0) is 13.1. The highest BCUT2D eigenvalue weighted by molar-refractivity contribution is 7.89. The van der Waals surface area contributed by atoms with E-state index >= 15 is 0 Å². The lowest BCUT2D eigenvalue weighted by Crippen LogP contribution is -2.35. The molecule has 1 aromatic carbocycles. The number of nitrogens with zero attached hydrogens (tertiary/aromatic N) is 1. The van der Waals surface area contributed by atoms with Crippen molar-refractivity contribution >= 4 is 10.0 Å². The lowest BCUT2D eigenvalue weighted by molar-refractivity contribution is 0.418. The van der Waals surface area contributed by atoms with E-state index < -0.39 is 10.0 Å². The minimum absolute atomic E-state index is 0.368. The van der Waals surface area contributed by atoms with Crippen LogP contribution < -0.4 is 0 Å². The smallest absolute Gasteiger partial charge is 0.212 e. The monoisotopic (exact) mass is 255 g/mol. The fraction of sp³-hybridized carbons (Fsp3) is 0.538. The summed E-state index contributed by atoms with van der Waals surface area (Å²) in [5.74, 6) is 0. The van der Waals surface area contributed by atoms with Gasteiger partial charge in [0.15, 0.2) is 0 Å². The van der Waals surface area contributed by atoms with Crippen LogP contribution >= 0.6 is 0 Å². The van der Waals surface area contributed by atoms with Crippen LogP contribution in [0.25, 0.3) is 0 Å². The van der Waals surface area contributed by atoms with E-state index in [1.807, 2.05) is 38.1 Å². The molecule has 1 aromatic rings. The topological polar surface area (TPSA) is 37.4 Å². The molecule has 0 saturated heterocycles. The van der Waals surface area contributed by atoms with Crippen molar-refractivity contribution in [2.45, 2.75) is 39.5 Å². The summed E-state index contributed by atoms with van der Waals surface area (Å²) in [5, 5.41) is -0.368. The summed E-state index contributed by atoms with van der Waals surface area (Å²) in [6.07, 6.45) is 0. The standard InChI is InChI=1S/C13H21NO2S/c1-5-14(17(15,16)11(2)3)10-13-8-6-7-12(4)9-13/h6-9,11H,5,10H2,1-4H3. The maximum absolute atomic E-state index is 12.1. The Morgan fingerprint density at radius 1 is 1.29 bits per heavy atom. The van der Waals surface area contributed by atoms with Crippen molar-refractivity contribution in [3.8, 4) is 0 Å². The number of hydrogen-bond donors (Lipinski definition) is 0. The second-order valence-electron chi connectivity index (χ2n) is 4.51. The molecule has 0 heterocycles. The number of aryl methyl sites for hydroxylation is 1. The molecule has 96 valence electrons. The third-order valence-electron chi connectivity index (χ3n) is 2.75. The summed E-state index contributed by atoms with van der Waals surface area (Å²) in [5.41, 5.74) is 2.19. The number of rotatable bonds is 5. The van der Waals surface area contributed by atoms with Crippen molar-refractivity contribution in [2.24, 2.45) is 0 Å². The summed E-state index contributed by atoms with van der Waals surface area (Å²) in [4.78, 5) is 0. The minimum atomic E-state index is -3.17. The molecule has 0 aliphatic rings. The Morgan fingerprint density at radius 2 is 1.94 bits per heavy atom. The van der Waals surface area contributed by atoms with Gasteiger partial charge in [-0.25, -0.2) is 8.42 Å². The number of hydrogen-bond acceptors (Lipinski definition) is 2. The van der Waals surface area contributed by atoms with Gasteiger partial charge in [-0.3, -0.25) is 0 Å². The molecule has 0 spiro atoms. The Bertz CT molecular complexity index is 466. The Balaban J connectivity index is 2.92. The summed E-state index contributed by atoms with van der Waals surface area (Å²) >= 11 is 0. The van der Waals surface area contributed by atoms with Gasteiger partial charge in [-0.05, 0) is 26.3 Å². The van der Waals surface area contributed by atoms with Gasteiger partial charge >= 0.3 is 0 Å². The summed E-state index contributed by atoms with van der Waals surface area (Å²) in [6, 6.07) is 7.96. The highest BCUT2D eigenvalue weighted by Crippen LogP contribution is 2.14. The maximum atomic E-state index is 12.1. The first-order valence-corrected chi connectivity index (χ1v) is 7.42. The van der Waals surface area contributed by atoms with Gasteiger partial charge in [-0.15, -0.1) is 0 Å². The molecule has 17 heavy (non-hydrogen) atoms. The fourth-order valence-electron chi connectivity index (χ4n) is 1.69. The molecule has 4 heteroatoms. The van der Waals surface area contributed by atoms with Gasteiger partial charge < -0.3 is 0 Å². The first kappa shape index (κ1) is 14.2. The predicted octanol–water partition coefficient (Wildman–Crippen LogP) is 2.56. The van der Waals surface area contributed by atoms with E-state index in [1.54, 1.807) is 13.8 Å². The Hall–Kier alpha value is -0.870.